The van der Waals surface area contributed by atoms with Crippen molar-refractivity contribution in [1.29, 1.82) is 0 Å². The molecule has 0 radical (unpaired) electrons. The van der Waals surface area contributed by atoms with E-state index in [4.69, 9.17) is 5.73 Å². The number of aryl methyl sites for hydroxylation is 1. The normalized spacial score (nSPS) is 16.8. The van der Waals surface area contributed by atoms with Crippen LogP contribution in [-0.2, 0) is 4.79 Å². The molecule has 1 heterocycles. The van der Waals surface area contributed by atoms with Gasteiger partial charge in [0.05, 0.1) is 0 Å². The van der Waals surface area contributed by atoms with E-state index in [0.29, 0.717) is 18.8 Å². The third-order valence-corrected chi connectivity index (χ3v) is 4.88. The summed E-state index contributed by atoms with van der Waals surface area (Å²) in [6, 6.07) is 7.62. The summed E-state index contributed by atoms with van der Waals surface area (Å²) in [7, 11) is 0. The van der Waals surface area contributed by atoms with Gasteiger partial charge in [-0.3, -0.25) is 9.89 Å². The molecule has 1 aromatic carbocycles. The van der Waals surface area contributed by atoms with Crippen LogP contribution in [0.1, 0.15) is 44.3 Å². The number of aromatic amines is 1. The molecule has 1 fully saturated rings. The lowest BCUT2D eigenvalue weighted by Gasteiger charge is -2.35. The summed E-state index contributed by atoms with van der Waals surface area (Å²) in [5, 5.41) is 10.00. The number of benzene rings is 1. The van der Waals surface area contributed by atoms with Gasteiger partial charge in [0.15, 0.2) is 5.82 Å². The van der Waals surface area contributed by atoms with Crippen LogP contribution in [0.25, 0.3) is 11.4 Å². The van der Waals surface area contributed by atoms with E-state index in [1.807, 2.05) is 31.2 Å². The molecule has 0 atom stereocenters. The van der Waals surface area contributed by atoms with Crippen molar-refractivity contribution in [2.24, 2.45) is 11.1 Å². The molecule has 1 aliphatic rings. The third kappa shape index (κ3) is 3.82. The zero-order valence-electron chi connectivity index (χ0n) is 14.1. The summed E-state index contributed by atoms with van der Waals surface area (Å²) in [5.41, 5.74) is 7.60. The summed E-state index contributed by atoms with van der Waals surface area (Å²) in [6.07, 6.45) is 6.18. The maximum Gasteiger partial charge on any atom is 0.224 e. The lowest BCUT2D eigenvalue weighted by Crippen LogP contribution is -2.36. The van der Waals surface area contributed by atoms with Crippen LogP contribution in [0.4, 0.5) is 5.69 Å². The van der Waals surface area contributed by atoms with Crippen LogP contribution in [-0.4, -0.2) is 27.6 Å². The Hall–Kier alpha value is -2.21. The molecule has 128 valence electrons. The summed E-state index contributed by atoms with van der Waals surface area (Å²) < 4.78 is 0. The predicted molar refractivity (Wildman–Crippen MR) is 94.4 cm³/mol. The first-order valence-electron chi connectivity index (χ1n) is 8.60. The SMILES string of the molecule is Cc1nc(-c2cccc(NC(=O)CC3(CN)CCCCC3)c2)n[nH]1. The number of H-pyrrole nitrogens is 1. The van der Waals surface area contributed by atoms with Crippen LogP contribution >= 0.6 is 0 Å². The van der Waals surface area contributed by atoms with E-state index in [9.17, 15) is 4.79 Å². The Balaban J connectivity index is 1.68. The van der Waals surface area contributed by atoms with E-state index in [-0.39, 0.29) is 11.3 Å². The van der Waals surface area contributed by atoms with Crippen LogP contribution in [0.3, 0.4) is 0 Å². The molecule has 24 heavy (non-hydrogen) atoms. The van der Waals surface area contributed by atoms with Crippen molar-refractivity contribution in [3.63, 3.8) is 0 Å². The van der Waals surface area contributed by atoms with Gasteiger partial charge < -0.3 is 11.1 Å². The highest BCUT2D eigenvalue weighted by atomic mass is 16.1. The fourth-order valence-corrected chi connectivity index (χ4v) is 3.51. The topological polar surface area (TPSA) is 96.7 Å². The Bertz CT molecular complexity index is 703. The summed E-state index contributed by atoms with van der Waals surface area (Å²) in [6.45, 7) is 2.44. The molecule has 0 unspecified atom stereocenters. The molecule has 6 heteroatoms. The fraction of sp³-hybridized carbons (Fsp3) is 0.500. The van der Waals surface area contributed by atoms with E-state index >= 15 is 0 Å². The Morgan fingerprint density at radius 3 is 2.79 bits per heavy atom. The average molecular weight is 327 g/mol. The lowest BCUT2D eigenvalue weighted by atomic mass is 9.71. The molecule has 1 saturated carbocycles. The van der Waals surface area contributed by atoms with Gasteiger partial charge in [-0.2, -0.15) is 5.10 Å². The monoisotopic (exact) mass is 327 g/mol. The van der Waals surface area contributed by atoms with Crippen LogP contribution < -0.4 is 11.1 Å². The number of nitrogens with zero attached hydrogens (tertiary/aromatic N) is 2. The second-order valence-corrected chi connectivity index (χ2v) is 6.81. The van der Waals surface area contributed by atoms with E-state index in [1.165, 1.54) is 19.3 Å². The van der Waals surface area contributed by atoms with Gasteiger partial charge in [-0.15, -0.1) is 0 Å². The van der Waals surface area contributed by atoms with E-state index < -0.39 is 0 Å². The van der Waals surface area contributed by atoms with E-state index in [2.05, 4.69) is 20.5 Å². The molecular weight excluding hydrogens is 302 g/mol. The molecular formula is C18H25N5O. The van der Waals surface area contributed by atoms with Gasteiger partial charge in [-0.05, 0) is 43.9 Å². The molecule has 0 saturated heterocycles. The van der Waals surface area contributed by atoms with Gasteiger partial charge in [0.25, 0.3) is 0 Å². The Labute approximate surface area is 142 Å². The molecule has 1 aromatic heterocycles. The second kappa shape index (κ2) is 7.13. The zero-order valence-corrected chi connectivity index (χ0v) is 14.1. The van der Waals surface area contributed by atoms with Crippen molar-refractivity contribution in [2.45, 2.75) is 45.4 Å². The lowest BCUT2D eigenvalue weighted by molar-refractivity contribution is -0.118. The first kappa shape index (κ1) is 16.6. The highest BCUT2D eigenvalue weighted by Crippen LogP contribution is 2.38. The smallest absolute Gasteiger partial charge is 0.224 e. The van der Waals surface area contributed by atoms with Crippen LogP contribution in [0.2, 0.25) is 0 Å². The molecule has 3 rings (SSSR count). The fourth-order valence-electron chi connectivity index (χ4n) is 3.51. The molecule has 0 bridgehead atoms. The van der Waals surface area contributed by atoms with Crippen molar-refractivity contribution in [3.05, 3.63) is 30.1 Å². The minimum Gasteiger partial charge on any atom is -0.330 e. The second-order valence-electron chi connectivity index (χ2n) is 6.81. The van der Waals surface area contributed by atoms with Crippen molar-refractivity contribution in [1.82, 2.24) is 15.2 Å². The number of nitrogens with two attached hydrogens (primary N) is 1. The minimum atomic E-state index is -0.0270. The van der Waals surface area contributed by atoms with Gasteiger partial charge in [-0.1, -0.05) is 31.4 Å². The first-order chi connectivity index (χ1) is 11.6. The molecule has 2 aromatic rings. The van der Waals surface area contributed by atoms with Crippen molar-refractivity contribution in [2.75, 3.05) is 11.9 Å². The third-order valence-electron chi connectivity index (χ3n) is 4.88. The van der Waals surface area contributed by atoms with Crippen LogP contribution in [0, 0.1) is 12.3 Å². The Morgan fingerprint density at radius 2 is 2.12 bits per heavy atom. The predicted octanol–water partition coefficient (Wildman–Crippen LogP) is 3.02. The van der Waals surface area contributed by atoms with E-state index in [1.54, 1.807) is 0 Å². The molecule has 0 spiro atoms. The van der Waals surface area contributed by atoms with Crippen LogP contribution in [0.5, 0.6) is 0 Å². The molecule has 0 aliphatic heterocycles. The van der Waals surface area contributed by atoms with Crippen molar-refractivity contribution < 1.29 is 4.79 Å². The number of amides is 1. The summed E-state index contributed by atoms with van der Waals surface area (Å²) in [5.74, 6) is 1.43. The highest BCUT2D eigenvalue weighted by molar-refractivity contribution is 5.91. The van der Waals surface area contributed by atoms with Crippen molar-refractivity contribution >= 4 is 11.6 Å². The first-order valence-corrected chi connectivity index (χ1v) is 8.60. The standard InChI is InChI=1S/C18H25N5O/c1-13-20-17(23-22-13)14-6-5-7-15(10-14)21-16(24)11-18(12-19)8-3-2-4-9-18/h5-7,10H,2-4,8-9,11-12,19H2,1H3,(H,21,24)(H,20,22,23). The summed E-state index contributed by atoms with van der Waals surface area (Å²) in [4.78, 5) is 16.8. The molecule has 1 amide bonds. The average Bonchev–Trinajstić information content (AvgIpc) is 3.02. The number of hydrogen-bond donors (Lipinski definition) is 3. The van der Waals surface area contributed by atoms with Gasteiger partial charge in [-0.25, -0.2) is 4.98 Å². The van der Waals surface area contributed by atoms with Gasteiger partial charge in [0, 0.05) is 17.7 Å². The molecule has 6 nitrogen and oxygen atoms in total. The Kier molecular flexibility index (Phi) is 4.94. The van der Waals surface area contributed by atoms with Gasteiger partial charge >= 0.3 is 0 Å². The minimum absolute atomic E-state index is 0.0270. The summed E-state index contributed by atoms with van der Waals surface area (Å²) >= 11 is 0. The molecule has 1 aliphatic carbocycles. The maximum absolute atomic E-state index is 12.5. The van der Waals surface area contributed by atoms with E-state index in [0.717, 1.165) is 29.9 Å². The number of rotatable bonds is 5. The number of carbonyl (C=O) groups is 1. The number of carbonyl (C=O) groups excluding carboxylic acids is 1. The number of hydrogen-bond acceptors (Lipinski definition) is 4. The number of aromatic nitrogens is 3. The van der Waals surface area contributed by atoms with Crippen LogP contribution in [0.15, 0.2) is 24.3 Å². The molecule has 4 N–H and O–H groups in total. The number of anilines is 1. The Morgan fingerprint density at radius 1 is 1.33 bits per heavy atom. The van der Waals surface area contributed by atoms with Gasteiger partial charge in [0.1, 0.15) is 5.82 Å². The quantitative estimate of drug-likeness (QED) is 0.786. The van der Waals surface area contributed by atoms with Gasteiger partial charge in [0.2, 0.25) is 5.91 Å². The highest BCUT2D eigenvalue weighted by Gasteiger charge is 2.32. The largest absolute Gasteiger partial charge is 0.330 e. The van der Waals surface area contributed by atoms with Crippen molar-refractivity contribution in [3.8, 4) is 11.4 Å². The zero-order chi connectivity index (χ0) is 17.0. The number of nitrogens with one attached hydrogen (secondary N) is 2. The maximum atomic E-state index is 12.5.